The molecular formula is C39H37Cl4LiN2O9. The number of aromatic carboxylic acids is 1. The Balaban J connectivity index is 0.000000285. The summed E-state index contributed by atoms with van der Waals surface area (Å²) in [5.74, 6) is -1.41. The van der Waals surface area contributed by atoms with Crippen molar-refractivity contribution in [3.63, 3.8) is 0 Å². The molecular weight excluding hydrogens is 789 g/mol. The topological polar surface area (TPSA) is 170 Å². The Morgan fingerprint density at radius 3 is 1.22 bits per heavy atom. The Kier molecular flexibility index (Phi) is 17.7. The Hall–Kier alpha value is -3.92. The molecule has 2 fully saturated rings. The fourth-order valence-electron chi connectivity index (χ4n) is 5.86. The van der Waals surface area contributed by atoms with E-state index in [1.165, 1.54) is 55.6 Å². The molecule has 16 heteroatoms. The van der Waals surface area contributed by atoms with E-state index in [1.54, 1.807) is 24.3 Å². The molecule has 4 aromatic carbocycles. The van der Waals surface area contributed by atoms with Crippen LogP contribution < -0.4 is 39.0 Å². The molecule has 0 atom stereocenters. The minimum absolute atomic E-state index is 0. The number of methoxy groups -OCH3 is 1. The first-order chi connectivity index (χ1) is 25.4. The maximum absolute atomic E-state index is 12.5. The Bertz CT molecular complexity index is 1920. The third-order valence-corrected chi connectivity index (χ3v) is 9.77. The number of amides is 2. The number of hydrogen-bond acceptors (Lipinski definition) is 8. The van der Waals surface area contributed by atoms with Crippen LogP contribution in [-0.2, 0) is 4.74 Å². The van der Waals surface area contributed by atoms with Crippen LogP contribution in [0.1, 0.15) is 92.8 Å². The number of rotatable bonds is 10. The zero-order valence-corrected chi connectivity index (χ0v) is 33.0. The number of ether oxygens (including phenoxy) is 3. The van der Waals surface area contributed by atoms with E-state index in [0.717, 1.165) is 51.4 Å². The maximum Gasteiger partial charge on any atom is 1.00 e. The summed E-state index contributed by atoms with van der Waals surface area (Å²) in [6.07, 6.45) is 8.66. The van der Waals surface area contributed by atoms with Crippen LogP contribution in [0, 0.1) is 0 Å². The Labute approximate surface area is 350 Å². The van der Waals surface area contributed by atoms with E-state index in [-0.39, 0.29) is 58.1 Å². The van der Waals surface area contributed by atoms with E-state index in [1.807, 2.05) is 0 Å². The minimum Gasteiger partial charge on any atom is -0.870 e. The summed E-state index contributed by atoms with van der Waals surface area (Å²) in [5.41, 5.74) is 2.16. The van der Waals surface area contributed by atoms with Gasteiger partial charge in [0.25, 0.3) is 11.8 Å². The van der Waals surface area contributed by atoms with E-state index in [2.05, 4.69) is 15.4 Å². The van der Waals surface area contributed by atoms with Gasteiger partial charge < -0.3 is 35.4 Å². The predicted octanol–water partition coefficient (Wildman–Crippen LogP) is 7.45. The Morgan fingerprint density at radius 1 is 0.582 bits per heavy atom. The molecule has 0 unspecified atom stereocenters. The number of carbonyl (C=O) groups excluding carboxylic acids is 3. The summed E-state index contributed by atoms with van der Waals surface area (Å²) in [6.45, 7) is 0. The van der Waals surface area contributed by atoms with Crippen LogP contribution in [0.2, 0.25) is 20.1 Å². The number of halogens is 4. The largest absolute Gasteiger partial charge is 1.00 e. The normalized spacial score (nSPS) is 13.6. The summed E-state index contributed by atoms with van der Waals surface area (Å²) in [6, 6.07) is 18.3. The van der Waals surface area contributed by atoms with Crippen LogP contribution in [-0.4, -0.2) is 53.7 Å². The van der Waals surface area contributed by atoms with E-state index in [9.17, 15) is 19.2 Å². The molecule has 0 heterocycles. The van der Waals surface area contributed by atoms with Crippen LogP contribution in [0.25, 0.3) is 0 Å². The van der Waals surface area contributed by atoms with Crippen molar-refractivity contribution in [1.82, 2.24) is 0 Å². The van der Waals surface area contributed by atoms with Crippen LogP contribution in [0.4, 0.5) is 11.4 Å². The molecule has 2 amide bonds. The molecule has 0 aliphatic heterocycles. The van der Waals surface area contributed by atoms with Crippen molar-refractivity contribution in [3.05, 3.63) is 115 Å². The first-order valence-corrected chi connectivity index (χ1v) is 18.4. The van der Waals surface area contributed by atoms with Gasteiger partial charge in [-0.05, 0) is 124 Å². The molecule has 2 saturated carbocycles. The zero-order valence-electron chi connectivity index (χ0n) is 30.0. The zero-order chi connectivity index (χ0) is 38.1. The molecule has 4 N–H and O–H groups in total. The second-order valence-electron chi connectivity index (χ2n) is 12.4. The van der Waals surface area contributed by atoms with Crippen molar-refractivity contribution in [2.75, 3.05) is 17.7 Å². The summed E-state index contributed by atoms with van der Waals surface area (Å²) in [5, 5.41) is 15.5. The molecule has 0 spiro atoms. The summed E-state index contributed by atoms with van der Waals surface area (Å²) < 4.78 is 16.4. The molecule has 11 nitrogen and oxygen atoms in total. The van der Waals surface area contributed by atoms with E-state index >= 15 is 0 Å². The van der Waals surface area contributed by atoms with E-state index < -0.39 is 17.8 Å². The van der Waals surface area contributed by atoms with Gasteiger partial charge >= 0.3 is 30.8 Å². The molecule has 2 aliphatic rings. The predicted molar refractivity (Wildman–Crippen MR) is 208 cm³/mol. The van der Waals surface area contributed by atoms with Gasteiger partial charge in [-0.15, -0.1) is 0 Å². The molecule has 0 saturated heterocycles. The van der Waals surface area contributed by atoms with E-state index in [0.29, 0.717) is 49.6 Å². The van der Waals surface area contributed by atoms with E-state index in [4.69, 9.17) is 61.0 Å². The quantitative estimate of drug-likeness (QED) is 0.109. The summed E-state index contributed by atoms with van der Waals surface area (Å²) in [4.78, 5) is 47.2. The molecule has 4 aromatic rings. The average molecular weight is 826 g/mol. The van der Waals surface area contributed by atoms with Crippen molar-refractivity contribution in [3.8, 4) is 11.5 Å². The number of benzene rings is 4. The van der Waals surface area contributed by atoms with Gasteiger partial charge in [0.05, 0.1) is 50.5 Å². The fourth-order valence-corrected chi connectivity index (χ4v) is 7.02. The fraction of sp³-hybridized carbons (Fsp3) is 0.282. The van der Waals surface area contributed by atoms with Gasteiger partial charge in [0.1, 0.15) is 0 Å². The van der Waals surface area contributed by atoms with Gasteiger partial charge in [-0.1, -0.05) is 46.4 Å². The van der Waals surface area contributed by atoms with Gasteiger partial charge in [-0.25, -0.2) is 9.59 Å². The minimum atomic E-state index is -1.03. The molecule has 0 bridgehead atoms. The van der Waals surface area contributed by atoms with Crippen LogP contribution in [0.5, 0.6) is 11.5 Å². The first kappa shape index (κ1) is 45.5. The van der Waals surface area contributed by atoms with Gasteiger partial charge in [-0.2, -0.15) is 0 Å². The molecule has 55 heavy (non-hydrogen) atoms. The van der Waals surface area contributed by atoms with Crippen molar-refractivity contribution in [2.45, 2.75) is 63.6 Å². The monoisotopic (exact) mass is 824 g/mol. The number of esters is 1. The third-order valence-electron chi connectivity index (χ3n) is 8.65. The van der Waals surface area contributed by atoms with Crippen molar-refractivity contribution < 1.29 is 62.8 Å². The number of carbonyl (C=O) groups is 4. The third kappa shape index (κ3) is 12.5. The Morgan fingerprint density at radius 2 is 0.909 bits per heavy atom. The van der Waals surface area contributed by atoms with Crippen molar-refractivity contribution in [2.24, 2.45) is 0 Å². The molecule has 286 valence electrons. The second-order valence-corrected chi connectivity index (χ2v) is 14.1. The van der Waals surface area contributed by atoms with Gasteiger partial charge in [0.2, 0.25) is 0 Å². The maximum atomic E-state index is 12.5. The molecule has 0 radical (unpaired) electrons. The van der Waals surface area contributed by atoms with Crippen molar-refractivity contribution >= 4 is 81.5 Å². The molecule has 2 aliphatic carbocycles. The van der Waals surface area contributed by atoms with Crippen LogP contribution in [0.3, 0.4) is 0 Å². The first-order valence-electron chi connectivity index (χ1n) is 16.9. The molecule has 6 rings (SSSR count). The number of nitrogens with one attached hydrogen (secondary N) is 2. The van der Waals surface area contributed by atoms with Crippen LogP contribution in [0.15, 0.2) is 72.8 Å². The second kappa shape index (κ2) is 21.4. The summed E-state index contributed by atoms with van der Waals surface area (Å²) >= 11 is 25.1. The van der Waals surface area contributed by atoms with Gasteiger partial charge in [-0.3, -0.25) is 9.59 Å². The standard InChI is InChI=1S/C20H19Cl2NO4.C19H17Cl2NO4.Li.H2O/c1-26-20(25)12-6-8-14(9-7-12)23-19(24)13-10-16(21)18(17(22)11-13)27-15-4-2-3-5-15;20-15-9-12(10-16(21)17(15)26-14-3-1-2-4-14)18(23)22-13-7-5-11(6-8-13)19(24)25;;/h6-11,15H,2-5H2,1H3,(H,23,24);5-10,14H,1-4H2,(H,22,23)(H,24,25);;1H2/q;;+1;/p-1. The van der Waals surface area contributed by atoms with Gasteiger partial charge in [0.15, 0.2) is 11.5 Å². The summed E-state index contributed by atoms with van der Waals surface area (Å²) in [7, 11) is 1.31. The van der Waals surface area contributed by atoms with Crippen LogP contribution >= 0.6 is 46.4 Å². The van der Waals surface area contributed by atoms with Gasteiger partial charge in [0, 0.05) is 22.5 Å². The average Bonchev–Trinajstić information content (AvgIpc) is 3.87. The number of carboxylic acid groups (broad SMARTS) is 1. The number of hydrogen-bond donors (Lipinski definition) is 3. The number of carboxylic acids is 1. The van der Waals surface area contributed by atoms with Crippen molar-refractivity contribution in [1.29, 1.82) is 0 Å². The smallest absolute Gasteiger partial charge is 0.870 e. The molecule has 0 aromatic heterocycles. The SMILES string of the molecule is COC(=O)c1ccc(NC(=O)c2cc(Cl)c(OC3CCCC3)c(Cl)c2)cc1.O=C(O)c1ccc(NC(=O)c2cc(Cl)c(OC3CCCC3)c(Cl)c2)cc1.[Li+].[OH-]. The number of anilines is 2.